The number of ketones is 1. The first-order valence-electron chi connectivity index (χ1n) is 5.25. The van der Waals surface area contributed by atoms with E-state index >= 15 is 0 Å². The molecule has 2 saturated carbocycles. The van der Waals surface area contributed by atoms with E-state index in [1.54, 1.807) is 7.11 Å². The minimum absolute atomic E-state index is 0.0140. The lowest BCUT2D eigenvalue weighted by Crippen LogP contribution is -2.52. The van der Waals surface area contributed by atoms with Crippen molar-refractivity contribution in [3.8, 4) is 0 Å². The van der Waals surface area contributed by atoms with Gasteiger partial charge in [0.1, 0.15) is 0 Å². The van der Waals surface area contributed by atoms with E-state index in [1.165, 1.54) is 0 Å². The summed E-state index contributed by atoms with van der Waals surface area (Å²) in [5, 5.41) is 0. The maximum atomic E-state index is 12.3. The van der Waals surface area contributed by atoms with Crippen molar-refractivity contribution in [3.63, 3.8) is 0 Å². The molecule has 14 heavy (non-hydrogen) atoms. The molecule has 0 aromatic heterocycles. The Kier molecular flexibility index (Phi) is 1.31. The Morgan fingerprint density at radius 3 is 2.64 bits per heavy atom. The molecule has 0 aromatic rings. The van der Waals surface area contributed by atoms with Crippen molar-refractivity contribution in [1.82, 2.24) is 0 Å². The molecule has 1 heterocycles. The van der Waals surface area contributed by atoms with Crippen molar-refractivity contribution < 1.29 is 14.3 Å². The second-order valence-corrected chi connectivity index (χ2v) is 5.33. The summed E-state index contributed by atoms with van der Waals surface area (Å²) in [5.41, 5.74) is -0.188. The topological polar surface area (TPSA) is 35.5 Å². The number of hydrogen-bond donors (Lipinski definition) is 0. The maximum absolute atomic E-state index is 12.3. The van der Waals surface area contributed by atoms with E-state index in [9.17, 15) is 4.79 Å². The van der Waals surface area contributed by atoms with Crippen LogP contribution in [0.15, 0.2) is 0 Å². The molecule has 3 rings (SSSR count). The summed E-state index contributed by atoms with van der Waals surface area (Å²) < 4.78 is 11.0. The molecule has 3 aliphatic rings. The van der Waals surface area contributed by atoms with Crippen LogP contribution in [0.25, 0.3) is 0 Å². The predicted octanol–water partition coefficient (Wildman–Crippen LogP) is 1.36. The number of carbonyl (C=O) groups excluding carboxylic acids is 1. The van der Waals surface area contributed by atoms with E-state index < -0.39 is 5.79 Å². The highest BCUT2D eigenvalue weighted by atomic mass is 16.7. The monoisotopic (exact) mass is 196 g/mol. The number of carbonyl (C=O) groups is 1. The van der Waals surface area contributed by atoms with E-state index in [-0.39, 0.29) is 22.5 Å². The first-order valence-corrected chi connectivity index (χ1v) is 5.25. The SMILES string of the molecule is CO[C@]12OC[C@@]3(C)[C@H]1CC[C@]3(C)C2=O. The van der Waals surface area contributed by atoms with Gasteiger partial charge in [-0.25, -0.2) is 0 Å². The fourth-order valence-electron chi connectivity index (χ4n) is 3.92. The number of hydrogen-bond acceptors (Lipinski definition) is 3. The normalized spacial score (nSPS) is 59.9. The smallest absolute Gasteiger partial charge is 0.232 e. The lowest BCUT2D eigenvalue weighted by atomic mass is 9.69. The van der Waals surface area contributed by atoms with E-state index in [4.69, 9.17) is 9.47 Å². The number of Topliss-reactive ketones (excluding diaryl/α,β-unsaturated/α-hetero) is 1. The minimum atomic E-state index is -0.887. The third-order valence-corrected chi connectivity index (χ3v) is 5.13. The highest BCUT2D eigenvalue weighted by molar-refractivity contribution is 5.97. The zero-order valence-electron chi connectivity index (χ0n) is 8.92. The van der Waals surface area contributed by atoms with Crippen LogP contribution in [0.4, 0.5) is 0 Å². The minimum Gasteiger partial charge on any atom is -0.347 e. The van der Waals surface area contributed by atoms with E-state index in [1.807, 2.05) is 0 Å². The summed E-state index contributed by atoms with van der Waals surface area (Å²) in [6.07, 6.45) is 2.06. The third kappa shape index (κ3) is 0.551. The van der Waals surface area contributed by atoms with Gasteiger partial charge >= 0.3 is 0 Å². The summed E-state index contributed by atoms with van der Waals surface area (Å²) >= 11 is 0. The van der Waals surface area contributed by atoms with Crippen molar-refractivity contribution >= 4 is 5.78 Å². The van der Waals surface area contributed by atoms with E-state index in [0.717, 1.165) is 12.8 Å². The Hall–Kier alpha value is -0.410. The number of rotatable bonds is 1. The molecule has 0 spiro atoms. The summed E-state index contributed by atoms with van der Waals surface area (Å²) in [6, 6.07) is 0. The molecule has 2 aliphatic carbocycles. The lowest BCUT2D eigenvalue weighted by molar-refractivity contribution is -0.226. The molecule has 0 radical (unpaired) electrons. The van der Waals surface area contributed by atoms with Crippen LogP contribution in [0.1, 0.15) is 26.7 Å². The van der Waals surface area contributed by atoms with Gasteiger partial charge in [-0.1, -0.05) is 13.8 Å². The van der Waals surface area contributed by atoms with Crippen LogP contribution in [-0.4, -0.2) is 25.3 Å². The molecule has 1 saturated heterocycles. The highest BCUT2D eigenvalue weighted by Gasteiger charge is 2.80. The summed E-state index contributed by atoms with van der Waals surface area (Å²) in [4.78, 5) is 12.3. The molecule has 4 bridgehead atoms. The molecule has 78 valence electrons. The zero-order chi connectivity index (χ0) is 10.2. The Bertz CT molecular complexity index is 326. The van der Waals surface area contributed by atoms with Gasteiger partial charge in [-0.05, 0) is 12.8 Å². The Morgan fingerprint density at radius 2 is 2.21 bits per heavy atom. The van der Waals surface area contributed by atoms with Gasteiger partial charge in [-0.3, -0.25) is 4.79 Å². The molecule has 0 unspecified atom stereocenters. The standard InChI is InChI=1S/C11H16O3/c1-9-5-4-7-10(9,2)6-14-11(7,13-3)8(9)12/h7H,4-6H2,1-3H3/t7-,9-,10+,11+/m1/s1. The van der Waals surface area contributed by atoms with E-state index in [2.05, 4.69) is 13.8 Å². The highest BCUT2D eigenvalue weighted by Crippen LogP contribution is 2.72. The largest absolute Gasteiger partial charge is 0.347 e. The first kappa shape index (κ1) is 8.86. The van der Waals surface area contributed by atoms with Crippen LogP contribution >= 0.6 is 0 Å². The number of ether oxygens (including phenoxy) is 2. The van der Waals surface area contributed by atoms with Gasteiger partial charge in [0.15, 0.2) is 5.78 Å². The molecule has 0 aromatic carbocycles. The van der Waals surface area contributed by atoms with Gasteiger partial charge in [0, 0.05) is 23.9 Å². The predicted molar refractivity (Wildman–Crippen MR) is 49.6 cm³/mol. The van der Waals surface area contributed by atoms with Crippen molar-refractivity contribution in [2.45, 2.75) is 32.5 Å². The average molecular weight is 196 g/mol. The summed E-state index contributed by atoms with van der Waals surface area (Å²) in [6.45, 7) is 4.93. The molecular formula is C11H16O3. The maximum Gasteiger partial charge on any atom is 0.232 e. The number of methoxy groups -OCH3 is 1. The lowest BCUT2D eigenvalue weighted by Gasteiger charge is -2.39. The average Bonchev–Trinajstić information content (AvgIpc) is 2.65. The van der Waals surface area contributed by atoms with Gasteiger partial charge < -0.3 is 9.47 Å². The second kappa shape index (κ2) is 2.07. The molecule has 4 atom stereocenters. The van der Waals surface area contributed by atoms with Gasteiger partial charge in [0.2, 0.25) is 5.79 Å². The van der Waals surface area contributed by atoms with Crippen LogP contribution in [0.2, 0.25) is 0 Å². The summed E-state index contributed by atoms with van der Waals surface area (Å²) in [5.74, 6) is -0.433. The molecule has 3 nitrogen and oxygen atoms in total. The molecule has 0 N–H and O–H groups in total. The van der Waals surface area contributed by atoms with Crippen LogP contribution in [0.5, 0.6) is 0 Å². The van der Waals surface area contributed by atoms with Gasteiger partial charge in [0.05, 0.1) is 6.61 Å². The van der Waals surface area contributed by atoms with Crippen LogP contribution in [0.3, 0.4) is 0 Å². The zero-order valence-corrected chi connectivity index (χ0v) is 8.92. The van der Waals surface area contributed by atoms with Gasteiger partial charge in [0.25, 0.3) is 0 Å². The van der Waals surface area contributed by atoms with Crippen LogP contribution < -0.4 is 0 Å². The Labute approximate surface area is 83.8 Å². The molecule has 3 fully saturated rings. The Morgan fingerprint density at radius 1 is 1.50 bits per heavy atom. The van der Waals surface area contributed by atoms with E-state index in [0.29, 0.717) is 6.61 Å². The van der Waals surface area contributed by atoms with Gasteiger partial charge in [-0.15, -0.1) is 0 Å². The molecule has 0 amide bonds. The van der Waals surface area contributed by atoms with Crippen molar-refractivity contribution in [3.05, 3.63) is 0 Å². The summed E-state index contributed by atoms with van der Waals surface area (Å²) in [7, 11) is 1.59. The van der Waals surface area contributed by atoms with Crippen molar-refractivity contribution in [2.75, 3.05) is 13.7 Å². The first-order chi connectivity index (χ1) is 6.51. The quantitative estimate of drug-likeness (QED) is 0.635. The molecular weight excluding hydrogens is 180 g/mol. The van der Waals surface area contributed by atoms with Crippen molar-refractivity contribution in [1.29, 1.82) is 0 Å². The second-order valence-electron chi connectivity index (χ2n) is 5.33. The Balaban J connectivity index is 2.21. The van der Waals surface area contributed by atoms with Crippen LogP contribution in [0, 0.1) is 16.7 Å². The third-order valence-electron chi connectivity index (χ3n) is 5.13. The molecule has 3 heteroatoms. The van der Waals surface area contributed by atoms with Crippen LogP contribution in [-0.2, 0) is 14.3 Å². The fourth-order valence-corrected chi connectivity index (χ4v) is 3.92. The van der Waals surface area contributed by atoms with Gasteiger partial charge in [-0.2, -0.15) is 0 Å². The molecule has 1 aliphatic heterocycles. The van der Waals surface area contributed by atoms with Crippen molar-refractivity contribution in [2.24, 2.45) is 16.7 Å². The fraction of sp³-hybridized carbons (Fsp3) is 0.909.